The minimum atomic E-state index is -0.488. The molecule has 2 amide bonds. The molecule has 0 spiro atoms. The highest BCUT2D eigenvalue weighted by molar-refractivity contribution is 6.31. The van der Waals surface area contributed by atoms with Gasteiger partial charge in [0.2, 0.25) is 5.91 Å². The lowest BCUT2D eigenvalue weighted by Gasteiger charge is -2.18. The van der Waals surface area contributed by atoms with E-state index in [1.165, 1.54) is 4.90 Å². The number of halogens is 1. The van der Waals surface area contributed by atoms with Crippen LogP contribution in [0.2, 0.25) is 5.02 Å². The van der Waals surface area contributed by atoms with Crippen LogP contribution >= 0.6 is 11.6 Å². The Morgan fingerprint density at radius 1 is 1.17 bits per heavy atom. The molecule has 0 aliphatic carbocycles. The molecule has 0 saturated carbocycles. The summed E-state index contributed by atoms with van der Waals surface area (Å²) in [5.41, 5.74) is 2.49. The topological polar surface area (TPSA) is 49.4 Å². The van der Waals surface area contributed by atoms with Gasteiger partial charge in [-0.15, -0.1) is 0 Å². The predicted octanol–water partition coefficient (Wildman–Crippen LogP) is 3.07. The second kappa shape index (κ2) is 6.52. The average Bonchev–Trinajstić information content (AvgIpc) is 2.81. The number of hydrogen-bond donors (Lipinski definition) is 1. The van der Waals surface area contributed by atoms with Crippen molar-refractivity contribution in [1.82, 2.24) is 5.32 Å². The van der Waals surface area contributed by atoms with Crippen LogP contribution in [0, 0.1) is 6.92 Å². The van der Waals surface area contributed by atoms with Gasteiger partial charge in [-0.3, -0.25) is 9.59 Å². The van der Waals surface area contributed by atoms with Crippen LogP contribution in [-0.2, 0) is 16.1 Å². The summed E-state index contributed by atoms with van der Waals surface area (Å²) >= 11 is 5.94. The Kier molecular flexibility index (Phi) is 4.46. The van der Waals surface area contributed by atoms with Crippen molar-refractivity contribution in [3.05, 3.63) is 64.7 Å². The van der Waals surface area contributed by atoms with Gasteiger partial charge in [-0.25, -0.2) is 4.90 Å². The maximum atomic E-state index is 12.6. The second-order valence-corrected chi connectivity index (χ2v) is 6.06. The third-order valence-corrected chi connectivity index (χ3v) is 4.18. The lowest BCUT2D eigenvalue weighted by molar-refractivity contribution is -0.121. The molecule has 0 aromatic heterocycles. The van der Waals surface area contributed by atoms with Gasteiger partial charge in [0.05, 0.1) is 18.2 Å². The molecule has 1 fully saturated rings. The van der Waals surface area contributed by atoms with E-state index in [4.69, 9.17) is 11.6 Å². The van der Waals surface area contributed by atoms with E-state index < -0.39 is 6.04 Å². The molecule has 1 aliphatic heterocycles. The molecule has 0 bridgehead atoms. The molecule has 23 heavy (non-hydrogen) atoms. The summed E-state index contributed by atoms with van der Waals surface area (Å²) in [6.07, 6.45) is 0.174. The summed E-state index contributed by atoms with van der Waals surface area (Å²) in [6, 6.07) is 14.5. The third kappa shape index (κ3) is 3.28. The van der Waals surface area contributed by atoms with Crippen LogP contribution in [0.4, 0.5) is 5.69 Å². The zero-order chi connectivity index (χ0) is 16.4. The molecule has 2 aromatic rings. The highest BCUT2D eigenvalue weighted by atomic mass is 35.5. The highest BCUT2D eigenvalue weighted by Crippen LogP contribution is 2.28. The molecule has 5 heteroatoms. The van der Waals surface area contributed by atoms with Gasteiger partial charge < -0.3 is 5.32 Å². The monoisotopic (exact) mass is 328 g/mol. The van der Waals surface area contributed by atoms with E-state index in [1.54, 1.807) is 18.2 Å². The van der Waals surface area contributed by atoms with Crippen molar-refractivity contribution in [2.45, 2.75) is 25.9 Å². The van der Waals surface area contributed by atoms with Crippen molar-refractivity contribution in [2.75, 3.05) is 4.90 Å². The van der Waals surface area contributed by atoms with Crippen molar-refractivity contribution in [3.63, 3.8) is 0 Å². The molecule has 0 unspecified atom stereocenters. The van der Waals surface area contributed by atoms with Crippen molar-refractivity contribution >= 4 is 29.1 Å². The lowest BCUT2D eigenvalue weighted by atomic mass is 10.2. The smallest absolute Gasteiger partial charge is 0.251 e. The fourth-order valence-corrected chi connectivity index (χ4v) is 2.98. The standard InChI is InChI=1S/C18H17ClN2O2/c1-12-9-14(19)7-8-16(12)21-17(22)10-15(18(21)23)20-11-13-5-3-2-4-6-13/h2-9,15,20H,10-11H2,1H3/t15-/m1/s1. The predicted molar refractivity (Wildman–Crippen MR) is 90.4 cm³/mol. The van der Waals surface area contributed by atoms with Crippen molar-refractivity contribution in [3.8, 4) is 0 Å². The molecule has 1 heterocycles. The number of hydrogen-bond acceptors (Lipinski definition) is 3. The van der Waals surface area contributed by atoms with Crippen molar-refractivity contribution < 1.29 is 9.59 Å². The number of benzene rings is 2. The molecule has 1 aliphatic rings. The summed E-state index contributed by atoms with van der Waals surface area (Å²) in [5.74, 6) is -0.401. The Balaban J connectivity index is 1.75. The molecule has 1 N–H and O–H groups in total. The lowest BCUT2D eigenvalue weighted by Crippen LogP contribution is -2.38. The maximum Gasteiger partial charge on any atom is 0.251 e. The fraction of sp³-hybridized carbons (Fsp3) is 0.222. The van der Waals surface area contributed by atoms with Gasteiger partial charge in [0, 0.05) is 11.6 Å². The van der Waals surface area contributed by atoms with Crippen LogP contribution in [-0.4, -0.2) is 17.9 Å². The number of imide groups is 1. The number of nitrogens with zero attached hydrogens (tertiary/aromatic N) is 1. The number of anilines is 1. The SMILES string of the molecule is Cc1cc(Cl)ccc1N1C(=O)C[C@@H](NCc2ccccc2)C1=O. The molecule has 4 nitrogen and oxygen atoms in total. The minimum absolute atomic E-state index is 0.174. The first-order valence-electron chi connectivity index (χ1n) is 7.46. The minimum Gasteiger partial charge on any atom is -0.301 e. The van der Waals surface area contributed by atoms with Crippen LogP contribution < -0.4 is 10.2 Å². The quantitative estimate of drug-likeness (QED) is 0.877. The second-order valence-electron chi connectivity index (χ2n) is 5.62. The van der Waals surface area contributed by atoms with E-state index in [9.17, 15) is 9.59 Å². The summed E-state index contributed by atoms with van der Waals surface area (Å²) in [4.78, 5) is 26.1. The number of amides is 2. The van der Waals surface area contributed by atoms with Gasteiger partial charge in [0.1, 0.15) is 0 Å². The molecule has 118 valence electrons. The van der Waals surface area contributed by atoms with Gasteiger partial charge in [0.15, 0.2) is 0 Å². The normalized spacial score (nSPS) is 17.8. The molecular formula is C18H17ClN2O2. The number of rotatable bonds is 4. The first-order chi connectivity index (χ1) is 11.1. The third-order valence-electron chi connectivity index (χ3n) is 3.94. The van der Waals surface area contributed by atoms with Gasteiger partial charge in [-0.05, 0) is 36.2 Å². The van der Waals surface area contributed by atoms with E-state index in [0.29, 0.717) is 17.3 Å². The van der Waals surface area contributed by atoms with Gasteiger partial charge >= 0.3 is 0 Å². The number of aryl methyl sites for hydroxylation is 1. The van der Waals surface area contributed by atoms with Crippen molar-refractivity contribution in [1.29, 1.82) is 0 Å². The number of carbonyl (C=O) groups excluding carboxylic acids is 2. The zero-order valence-electron chi connectivity index (χ0n) is 12.8. The first kappa shape index (κ1) is 15.7. The Hall–Kier alpha value is -2.17. The van der Waals surface area contributed by atoms with Crippen LogP contribution in [0.15, 0.2) is 48.5 Å². The first-order valence-corrected chi connectivity index (χ1v) is 7.84. The molecule has 3 rings (SSSR count). The summed E-state index contributed by atoms with van der Waals surface area (Å²) < 4.78 is 0. The van der Waals surface area contributed by atoms with E-state index in [2.05, 4.69) is 5.32 Å². The Morgan fingerprint density at radius 2 is 1.91 bits per heavy atom. The van der Waals surface area contributed by atoms with Crippen LogP contribution in [0.5, 0.6) is 0 Å². The molecule has 1 atom stereocenters. The summed E-state index contributed by atoms with van der Waals surface area (Å²) in [6.45, 7) is 2.39. The summed E-state index contributed by atoms with van der Waals surface area (Å²) in [7, 11) is 0. The van der Waals surface area contributed by atoms with Gasteiger partial charge in [0.25, 0.3) is 5.91 Å². The summed E-state index contributed by atoms with van der Waals surface area (Å²) in [5, 5.41) is 3.76. The maximum absolute atomic E-state index is 12.6. The molecular weight excluding hydrogens is 312 g/mol. The Labute approximate surface area is 140 Å². The van der Waals surface area contributed by atoms with Crippen molar-refractivity contribution in [2.24, 2.45) is 0 Å². The highest BCUT2D eigenvalue weighted by Gasteiger charge is 2.39. The van der Waals surface area contributed by atoms with E-state index >= 15 is 0 Å². The zero-order valence-corrected chi connectivity index (χ0v) is 13.5. The van der Waals surface area contributed by atoms with Crippen LogP contribution in [0.3, 0.4) is 0 Å². The van der Waals surface area contributed by atoms with Crippen LogP contribution in [0.1, 0.15) is 17.5 Å². The number of nitrogens with one attached hydrogen (secondary N) is 1. The van der Waals surface area contributed by atoms with Crippen LogP contribution in [0.25, 0.3) is 0 Å². The van der Waals surface area contributed by atoms with E-state index in [1.807, 2.05) is 37.3 Å². The fourth-order valence-electron chi connectivity index (χ4n) is 2.75. The van der Waals surface area contributed by atoms with E-state index in [0.717, 1.165) is 11.1 Å². The van der Waals surface area contributed by atoms with E-state index in [-0.39, 0.29) is 18.2 Å². The van der Waals surface area contributed by atoms with Gasteiger partial charge in [-0.2, -0.15) is 0 Å². The Bertz CT molecular complexity index is 746. The molecule has 2 aromatic carbocycles. The largest absolute Gasteiger partial charge is 0.301 e. The molecule has 0 radical (unpaired) electrons. The Morgan fingerprint density at radius 3 is 2.61 bits per heavy atom. The molecule has 1 saturated heterocycles. The van der Waals surface area contributed by atoms with Gasteiger partial charge in [-0.1, -0.05) is 41.9 Å². The number of carbonyl (C=O) groups is 2. The average molecular weight is 329 g/mol.